The molecule has 0 unspecified atom stereocenters. The van der Waals surface area contributed by atoms with Crippen LogP contribution in [0.25, 0.3) is 0 Å². The van der Waals surface area contributed by atoms with Crippen LogP contribution in [0.1, 0.15) is 36.7 Å². The van der Waals surface area contributed by atoms with E-state index in [-0.39, 0.29) is 22.1 Å². The lowest BCUT2D eigenvalue weighted by Gasteiger charge is -2.20. The van der Waals surface area contributed by atoms with Crippen LogP contribution in [-0.4, -0.2) is 38.8 Å². The Balaban J connectivity index is 2.39. The van der Waals surface area contributed by atoms with Crippen molar-refractivity contribution in [3.8, 4) is 5.75 Å². The fourth-order valence-electron chi connectivity index (χ4n) is 2.79. The Morgan fingerprint density at radius 3 is 2.37 bits per heavy atom. The molecular weight excluding hydrogens is 364 g/mol. The van der Waals surface area contributed by atoms with Crippen molar-refractivity contribution in [3.63, 3.8) is 0 Å². The van der Waals surface area contributed by atoms with E-state index >= 15 is 0 Å². The van der Waals surface area contributed by atoms with Crippen molar-refractivity contribution >= 4 is 21.6 Å². The molecule has 146 valence electrons. The third-order valence-electron chi connectivity index (χ3n) is 4.34. The maximum absolute atomic E-state index is 12.9. The Labute approximate surface area is 161 Å². The van der Waals surface area contributed by atoms with Crippen LogP contribution in [0.15, 0.2) is 47.4 Å². The zero-order valence-corrected chi connectivity index (χ0v) is 17.0. The van der Waals surface area contributed by atoms with Crippen LogP contribution in [0, 0.1) is 0 Å². The molecule has 2 aromatic rings. The van der Waals surface area contributed by atoms with Gasteiger partial charge in [-0.05, 0) is 42.3 Å². The van der Waals surface area contributed by atoms with Gasteiger partial charge in [0, 0.05) is 24.3 Å². The molecule has 0 aliphatic rings. The van der Waals surface area contributed by atoms with Gasteiger partial charge in [-0.1, -0.05) is 32.9 Å². The van der Waals surface area contributed by atoms with Crippen molar-refractivity contribution in [1.29, 1.82) is 0 Å². The minimum absolute atomic E-state index is 0.0105. The number of benzene rings is 2. The van der Waals surface area contributed by atoms with Crippen molar-refractivity contribution in [2.24, 2.45) is 0 Å². The summed E-state index contributed by atoms with van der Waals surface area (Å²) in [6.45, 7) is 6.24. The Morgan fingerprint density at radius 1 is 1.07 bits per heavy atom. The highest BCUT2D eigenvalue weighted by Crippen LogP contribution is 2.28. The number of rotatable bonds is 8. The molecular formula is C20H26N2O4S. The van der Waals surface area contributed by atoms with Gasteiger partial charge in [-0.25, -0.2) is 8.42 Å². The predicted molar refractivity (Wildman–Crippen MR) is 107 cm³/mol. The monoisotopic (exact) mass is 390 g/mol. The average Bonchev–Trinajstić information content (AvgIpc) is 2.68. The minimum atomic E-state index is -3.76. The van der Waals surface area contributed by atoms with Crippen molar-refractivity contribution < 1.29 is 17.9 Å². The zero-order chi connectivity index (χ0) is 20.0. The van der Waals surface area contributed by atoms with E-state index in [1.165, 1.54) is 23.5 Å². The SMILES string of the molecule is CCc1cccc(NC(=O)c2ccc(OC)c(S(=O)(=O)N(CC)CC)c2)c1. The molecule has 27 heavy (non-hydrogen) atoms. The molecule has 0 heterocycles. The van der Waals surface area contributed by atoms with Crippen LogP contribution in [-0.2, 0) is 16.4 Å². The van der Waals surface area contributed by atoms with Gasteiger partial charge < -0.3 is 10.1 Å². The second-order valence-electron chi connectivity index (χ2n) is 5.96. The summed E-state index contributed by atoms with van der Waals surface area (Å²) in [5.74, 6) is -0.159. The Kier molecular flexibility index (Phi) is 6.98. The molecule has 6 nitrogen and oxygen atoms in total. The molecule has 0 aliphatic carbocycles. The first-order valence-corrected chi connectivity index (χ1v) is 10.4. The molecule has 2 rings (SSSR count). The third-order valence-corrected chi connectivity index (χ3v) is 6.41. The number of amides is 1. The number of aryl methyl sites for hydroxylation is 1. The summed E-state index contributed by atoms with van der Waals surface area (Å²) in [4.78, 5) is 12.6. The first kappa shape index (κ1) is 20.9. The number of anilines is 1. The Morgan fingerprint density at radius 2 is 1.78 bits per heavy atom. The van der Waals surface area contributed by atoms with E-state index in [0.29, 0.717) is 18.8 Å². The Bertz CT molecular complexity index is 906. The quantitative estimate of drug-likeness (QED) is 0.748. The maximum atomic E-state index is 12.9. The highest BCUT2D eigenvalue weighted by Gasteiger charge is 2.26. The zero-order valence-electron chi connectivity index (χ0n) is 16.2. The maximum Gasteiger partial charge on any atom is 0.255 e. The van der Waals surface area contributed by atoms with Gasteiger partial charge in [0.25, 0.3) is 5.91 Å². The fraction of sp³-hybridized carbons (Fsp3) is 0.350. The van der Waals surface area contributed by atoms with Crippen molar-refractivity contribution in [2.45, 2.75) is 32.1 Å². The molecule has 0 atom stereocenters. The van der Waals surface area contributed by atoms with Crippen molar-refractivity contribution in [1.82, 2.24) is 4.31 Å². The summed E-state index contributed by atoms with van der Waals surface area (Å²) < 4.78 is 32.4. The van der Waals surface area contributed by atoms with Gasteiger partial charge in [-0.2, -0.15) is 4.31 Å². The molecule has 2 aromatic carbocycles. The van der Waals surface area contributed by atoms with Gasteiger partial charge in [0.05, 0.1) is 7.11 Å². The van der Waals surface area contributed by atoms with Gasteiger partial charge in [0.15, 0.2) is 0 Å². The van der Waals surface area contributed by atoms with E-state index in [0.717, 1.165) is 12.0 Å². The normalized spacial score (nSPS) is 11.4. The number of sulfonamides is 1. The number of methoxy groups -OCH3 is 1. The summed E-state index contributed by atoms with van der Waals surface area (Å²) in [5.41, 5.74) is 2.03. The number of carbonyl (C=O) groups excluding carboxylic acids is 1. The lowest BCUT2D eigenvalue weighted by atomic mass is 10.1. The molecule has 0 aliphatic heterocycles. The van der Waals surface area contributed by atoms with Crippen LogP contribution < -0.4 is 10.1 Å². The number of nitrogens with one attached hydrogen (secondary N) is 1. The lowest BCUT2D eigenvalue weighted by molar-refractivity contribution is 0.102. The number of hydrogen-bond acceptors (Lipinski definition) is 4. The number of ether oxygens (including phenoxy) is 1. The highest BCUT2D eigenvalue weighted by atomic mass is 32.2. The van der Waals surface area contributed by atoms with E-state index in [1.807, 2.05) is 25.1 Å². The summed E-state index contributed by atoms with van der Waals surface area (Å²) in [7, 11) is -2.35. The molecule has 0 radical (unpaired) electrons. The largest absolute Gasteiger partial charge is 0.495 e. The second-order valence-corrected chi connectivity index (χ2v) is 7.87. The van der Waals surface area contributed by atoms with Gasteiger partial charge in [-0.3, -0.25) is 4.79 Å². The molecule has 7 heteroatoms. The summed E-state index contributed by atoms with van der Waals surface area (Å²) in [5, 5.41) is 2.82. The third kappa shape index (κ3) is 4.67. The smallest absolute Gasteiger partial charge is 0.255 e. The lowest BCUT2D eigenvalue weighted by Crippen LogP contribution is -2.31. The van der Waals surface area contributed by atoms with Gasteiger partial charge >= 0.3 is 0 Å². The summed E-state index contributed by atoms with van der Waals surface area (Å²) >= 11 is 0. The minimum Gasteiger partial charge on any atom is -0.495 e. The van der Waals surface area contributed by atoms with Gasteiger partial charge in [0.2, 0.25) is 10.0 Å². The van der Waals surface area contributed by atoms with Crippen LogP contribution >= 0.6 is 0 Å². The highest BCUT2D eigenvalue weighted by molar-refractivity contribution is 7.89. The van der Waals surface area contributed by atoms with Crippen LogP contribution in [0.2, 0.25) is 0 Å². The van der Waals surface area contributed by atoms with E-state index < -0.39 is 10.0 Å². The molecule has 0 spiro atoms. The topological polar surface area (TPSA) is 75.7 Å². The van der Waals surface area contributed by atoms with Crippen molar-refractivity contribution in [3.05, 3.63) is 53.6 Å². The number of hydrogen-bond donors (Lipinski definition) is 1. The molecule has 0 bridgehead atoms. The standard InChI is InChI=1S/C20H26N2O4S/c1-5-15-9-8-10-17(13-15)21-20(23)16-11-12-18(26-4)19(14-16)27(24,25)22(6-2)7-3/h8-14H,5-7H2,1-4H3,(H,21,23). The van der Waals surface area contributed by atoms with E-state index in [1.54, 1.807) is 26.0 Å². The van der Waals surface area contributed by atoms with Crippen LogP contribution in [0.4, 0.5) is 5.69 Å². The van der Waals surface area contributed by atoms with E-state index in [9.17, 15) is 13.2 Å². The predicted octanol–water partition coefficient (Wildman–Crippen LogP) is 3.54. The first-order chi connectivity index (χ1) is 12.9. The molecule has 1 N–H and O–H groups in total. The Hall–Kier alpha value is -2.38. The summed E-state index contributed by atoms with van der Waals surface area (Å²) in [6, 6.07) is 12.0. The first-order valence-electron chi connectivity index (χ1n) is 8.95. The molecule has 0 aromatic heterocycles. The second kappa shape index (κ2) is 9.01. The average molecular weight is 391 g/mol. The summed E-state index contributed by atoms with van der Waals surface area (Å²) in [6.07, 6.45) is 0.860. The van der Waals surface area contributed by atoms with Crippen LogP contribution in [0.3, 0.4) is 0 Å². The molecule has 0 fully saturated rings. The fourth-order valence-corrected chi connectivity index (χ4v) is 4.43. The number of carbonyl (C=O) groups is 1. The van der Waals surface area contributed by atoms with Crippen LogP contribution in [0.5, 0.6) is 5.75 Å². The van der Waals surface area contributed by atoms with Gasteiger partial charge in [-0.15, -0.1) is 0 Å². The van der Waals surface area contributed by atoms with E-state index in [4.69, 9.17) is 4.74 Å². The number of nitrogens with zero attached hydrogens (tertiary/aromatic N) is 1. The van der Waals surface area contributed by atoms with Crippen molar-refractivity contribution in [2.75, 3.05) is 25.5 Å². The van der Waals surface area contributed by atoms with Gasteiger partial charge in [0.1, 0.15) is 10.6 Å². The molecule has 0 saturated carbocycles. The molecule has 0 saturated heterocycles. The molecule has 1 amide bonds. The van der Waals surface area contributed by atoms with E-state index in [2.05, 4.69) is 5.32 Å².